The lowest BCUT2D eigenvalue weighted by Gasteiger charge is -2.22. The van der Waals surface area contributed by atoms with Crippen molar-refractivity contribution < 1.29 is 28.2 Å². The van der Waals surface area contributed by atoms with Crippen LogP contribution in [0, 0.1) is 34.5 Å². The van der Waals surface area contributed by atoms with Crippen molar-refractivity contribution in [3.8, 4) is 40.5 Å². The molecule has 0 saturated carbocycles. The lowest BCUT2D eigenvalue weighted by atomic mass is 9.97. The number of nitrogen functional groups attached to an aromatic ring is 1. The number of esters is 2. The number of aromatic nitrogens is 2. The zero-order valence-corrected chi connectivity index (χ0v) is 31.4. The van der Waals surface area contributed by atoms with E-state index in [4.69, 9.17) is 47.4 Å². The van der Waals surface area contributed by atoms with Crippen LogP contribution in [0.5, 0.6) is 5.75 Å². The van der Waals surface area contributed by atoms with E-state index in [2.05, 4.69) is 22.1 Å². The van der Waals surface area contributed by atoms with Crippen LogP contribution in [0.2, 0.25) is 5.02 Å². The maximum atomic E-state index is 12.7. The summed E-state index contributed by atoms with van der Waals surface area (Å²) in [5, 5.41) is 21.2. The third kappa shape index (κ3) is 11.4. The molecule has 0 aliphatic rings. The molecule has 0 saturated heterocycles. The number of carbonyl (C=O) groups is 2. The standard InChI is InChI=1S/C38H42ClN7O6S/c1-21(2)13-31(42)37(47)51-19-28(52-38(48)32(43)14-22(3)4)18-49-27-11-7-23(8-12-27)33-29(15-40)34(44)46-36(30(33)16-41)53-20-26-17-50-35(45-26)24-5-9-25(39)10-6-24/h5-12,17,21-22,28,31-32H,13-14,18-20,42-43H2,1-4H3,(H2,44,46)/t28-,31-,32-/m0/s1. The van der Waals surface area contributed by atoms with E-state index >= 15 is 0 Å². The molecule has 53 heavy (non-hydrogen) atoms. The molecule has 278 valence electrons. The maximum Gasteiger partial charge on any atom is 0.323 e. The molecule has 4 aromatic rings. The number of oxazole rings is 1. The number of hydrogen-bond donors (Lipinski definition) is 3. The van der Waals surface area contributed by atoms with E-state index in [1.807, 2.05) is 27.7 Å². The van der Waals surface area contributed by atoms with Crippen molar-refractivity contribution in [3.63, 3.8) is 0 Å². The molecule has 13 nitrogen and oxygen atoms in total. The third-order valence-corrected chi connectivity index (χ3v) is 9.01. The van der Waals surface area contributed by atoms with Gasteiger partial charge in [-0.1, -0.05) is 63.2 Å². The third-order valence-electron chi connectivity index (χ3n) is 7.74. The Labute approximate surface area is 317 Å². The number of benzene rings is 2. The highest BCUT2D eigenvalue weighted by Crippen LogP contribution is 2.37. The highest BCUT2D eigenvalue weighted by molar-refractivity contribution is 7.98. The second-order valence-corrected chi connectivity index (χ2v) is 14.5. The monoisotopic (exact) mass is 759 g/mol. The fourth-order valence-corrected chi connectivity index (χ4v) is 6.20. The second-order valence-electron chi connectivity index (χ2n) is 13.1. The smallest absolute Gasteiger partial charge is 0.323 e. The van der Waals surface area contributed by atoms with Crippen LogP contribution in [0.15, 0.2) is 64.2 Å². The Balaban J connectivity index is 1.50. The van der Waals surface area contributed by atoms with Gasteiger partial charge in [0.05, 0.1) is 11.3 Å². The zero-order chi connectivity index (χ0) is 38.7. The number of nitrogens with zero attached hydrogens (tertiary/aromatic N) is 4. The molecule has 3 atom stereocenters. The number of ether oxygens (including phenoxy) is 3. The van der Waals surface area contributed by atoms with Gasteiger partial charge in [-0.2, -0.15) is 10.5 Å². The van der Waals surface area contributed by atoms with Gasteiger partial charge >= 0.3 is 11.9 Å². The average molecular weight is 760 g/mol. The Hall–Kier alpha value is -5.12. The van der Waals surface area contributed by atoms with E-state index in [1.165, 1.54) is 18.0 Å². The predicted octanol–water partition coefficient (Wildman–Crippen LogP) is 6.26. The summed E-state index contributed by atoms with van der Waals surface area (Å²) in [7, 11) is 0. The molecule has 2 aromatic heterocycles. The van der Waals surface area contributed by atoms with Crippen LogP contribution in [0.3, 0.4) is 0 Å². The minimum absolute atomic E-state index is 0.0330. The van der Waals surface area contributed by atoms with E-state index in [-0.39, 0.29) is 42.0 Å². The Morgan fingerprint density at radius 1 is 0.868 bits per heavy atom. The van der Waals surface area contributed by atoms with Crippen LogP contribution in [0.1, 0.15) is 57.4 Å². The molecular formula is C38H42ClN7O6S. The van der Waals surface area contributed by atoms with Crippen molar-refractivity contribution in [1.29, 1.82) is 10.5 Å². The summed E-state index contributed by atoms with van der Waals surface area (Å²) in [5.74, 6) is 0.150. The Bertz CT molecular complexity index is 1960. The molecule has 0 spiro atoms. The summed E-state index contributed by atoms with van der Waals surface area (Å²) in [6, 6.07) is 16.2. The van der Waals surface area contributed by atoms with Crippen molar-refractivity contribution in [2.75, 3.05) is 18.9 Å². The number of nitriles is 2. The van der Waals surface area contributed by atoms with Gasteiger partial charge in [-0.15, -0.1) is 0 Å². The molecule has 0 aliphatic carbocycles. The van der Waals surface area contributed by atoms with Gasteiger partial charge in [-0.25, -0.2) is 9.97 Å². The molecule has 0 fully saturated rings. The van der Waals surface area contributed by atoms with Crippen LogP contribution in [0.4, 0.5) is 5.82 Å². The lowest BCUT2D eigenvalue weighted by molar-refractivity contribution is -0.162. The van der Waals surface area contributed by atoms with Crippen LogP contribution in [-0.2, 0) is 24.8 Å². The van der Waals surface area contributed by atoms with Gasteiger partial charge in [-0.3, -0.25) is 9.59 Å². The number of anilines is 1. The van der Waals surface area contributed by atoms with Crippen LogP contribution in [0.25, 0.3) is 22.6 Å². The highest BCUT2D eigenvalue weighted by Gasteiger charge is 2.26. The van der Waals surface area contributed by atoms with Crippen molar-refractivity contribution in [2.45, 2.75) is 69.5 Å². The molecule has 2 aromatic carbocycles. The number of carbonyl (C=O) groups excluding carboxylic acids is 2. The summed E-state index contributed by atoms with van der Waals surface area (Å²) in [6.07, 6.45) is 1.39. The molecule has 0 bridgehead atoms. The fraction of sp³-hybridized carbons (Fsp3) is 0.368. The number of pyridine rings is 1. The van der Waals surface area contributed by atoms with Crippen molar-refractivity contribution in [1.82, 2.24) is 9.97 Å². The normalized spacial score (nSPS) is 12.8. The molecule has 2 heterocycles. The summed E-state index contributed by atoms with van der Waals surface area (Å²) in [6.45, 7) is 7.31. The number of thioether (sulfide) groups is 1. The first-order chi connectivity index (χ1) is 25.3. The van der Waals surface area contributed by atoms with Gasteiger partial charge in [0.25, 0.3) is 0 Å². The molecule has 15 heteroatoms. The number of nitrogens with two attached hydrogens (primary N) is 3. The Morgan fingerprint density at radius 3 is 2.08 bits per heavy atom. The summed E-state index contributed by atoms with van der Waals surface area (Å²) in [4.78, 5) is 34.1. The van der Waals surface area contributed by atoms with Crippen molar-refractivity contribution >= 4 is 41.1 Å². The molecule has 6 N–H and O–H groups in total. The first-order valence-electron chi connectivity index (χ1n) is 16.9. The van der Waals surface area contributed by atoms with Crippen molar-refractivity contribution in [2.24, 2.45) is 23.3 Å². The fourth-order valence-electron chi connectivity index (χ4n) is 5.20. The Kier molecular flexibility index (Phi) is 14.6. The van der Waals surface area contributed by atoms with Gasteiger partial charge in [0.1, 0.15) is 65.9 Å². The maximum absolute atomic E-state index is 12.7. The van der Waals surface area contributed by atoms with Crippen LogP contribution < -0.4 is 21.9 Å². The summed E-state index contributed by atoms with van der Waals surface area (Å²) >= 11 is 7.22. The second kappa shape index (κ2) is 19.1. The lowest BCUT2D eigenvalue weighted by Crippen LogP contribution is -2.41. The predicted molar refractivity (Wildman–Crippen MR) is 201 cm³/mol. The number of hydrogen-bond acceptors (Lipinski definition) is 14. The molecular weight excluding hydrogens is 718 g/mol. The molecule has 0 unspecified atom stereocenters. The van der Waals surface area contributed by atoms with Crippen molar-refractivity contribution in [3.05, 3.63) is 76.6 Å². The van der Waals surface area contributed by atoms with Gasteiger partial charge in [0.2, 0.25) is 5.89 Å². The van der Waals surface area contributed by atoms with Gasteiger partial charge in [0.15, 0.2) is 6.10 Å². The topological polar surface area (TPSA) is 226 Å². The number of rotatable bonds is 17. The van der Waals surface area contributed by atoms with E-state index in [9.17, 15) is 20.1 Å². The Morgan fingerprint density at radius 2 is 1.47 bits per heavy atom. The largest absolute Gasteiger partial charge is 0.490 e. The molecule has 0 aliphatic heterocycles. The number of halogens is 1. The molecule has 4 rings (SSSR count). The van der Waals surface area contributed by atoms with Crippen LogP contribution >= 0.6 is 23.4 Å². The van der Waals surface area contributed by atoms with E-state index in [1.54, 1.807) is 48.5 Å². The summed E-state index contributed by atoms with van der Waals surface area (Å²) in [5.41, 5.74) is 20.6. The minimum atomic E-state index is -0.975. The van der Waals surface area contributed by atoms with Gasteiger partial charge < -0.3 is 35.8 Å². The minimum Gasteiger partial charge on any atom is -0.490 e. The first kappa shape index (κ1) is 40.6. The van der Waals surface area contributed by atoms with E-state index in [0.29, 0.717) is 57.1 Å². The SMILES string of the molecule is CC(C)C[C@H](N)C(=O)OC[C@H](COc1ccc(-c2c(C#N)c(N)nc(SCc3coc(-c4ccc(Cl)cc4)n3)c2C#N)cc1)OC(=O)[C@@H](N)CC(C)C. The van der Waals surface area contributed by atoms with Crippen LogP contribution in [-0.4, -0.2) is 53.3 Å². The zero-order valence-electron chi connectivity index (χ0n) is 29.9. The first-order valence-corrected chi connectivity index (χ1v) is 18.2. The molecule has 0 radical (unpaired) electrons. The average Bonchev–Trinajstić information content (AvgIpc) is 3.60. The quantitative estimate of drug-likeness (QED) is 0.0798. The van der Waals surface area contributed by atoms with E-state index < -0.39 is 30.1 Å². The van der Waals surface area contributed by atoms with Gasteiger partial charge in [-0.05, 0) is 66.6 Å². The highest BCUT2D eigenvalue weighted by atomic mass is 35.5. The molecule has 0 amide bonds. The van der Waals surface area contributed by atoms with Gasteiger partial charge in [0, 0.05) is 21.9 Å². The van der Waals surface area contributed by atoms with E-state index in [0.717, 1.165) is 5.56 Å². The summed E-state index contributed by atoms with van der Waals surface area (Å²) < 4.78 is 22.5.